The van der Waals surface area contributed by atoms with Crippen molar-refractivity contribution in [2.24, 2.45) is 0 Å². The minimum atomic E-state index is -0.975. The summed E-state index contributed by atoms with van der Waals surface area (Å²) in [6.07, 6.45) is 5.46. The molecule has 2 N–H and O–H groups in total. The number of anilines is 1. The van der Waals surface area contributed by atoms with Crippen molar-refractivity contribution in [2.45, 2.75) is 61.6 Å². The fourth-order valence-electron chi connectivity index (χ4n) is 2.49. The first-order valence-corrected chi connectivity index (χ1v) is 9.94. The Morgan fingerprint density at radius 3 is 2.64 bits per heavy atom. The number of nitrogens with zero attached hydrogens (tertiary/aromatic N) is 2. The van der Waals surface area contributed by atoms with Crippen molar-refractivity contribution in [3.8, 4) is 0 Å². The number of ketones is 1. The molecule has 0 bridgehead atoms. The summed E-state index contributed by atoms with van der Waals surface area (Å²) in [5.41, 5.74) is 0. The molecule has 0 aromatic carbocycles. The highest BCUT2D eigenvalue weighted by molar-refractivity contribution is 8.03. The first-order chi connectivity index (χ1) is 12.0. The van der Waals surface area contributed by atoms with E-state index in [1.807, 2.05) is 0 Å². The van der Waals surface area contributed by atoms with Gasteiger partial charge >= 0.3 is 12.0 Å². The molecule has 25 heavy (non-hydrogen) atoms. The molecule has 0 aliphatic heterocycles. The Kier molecular flexibility index (Phi) is 7.63. The van der Waals surface area contributed by atoms with Crippen LogP contribution in [0.4, 0.5) is 9.93 Å². The molecule has 2 rings (SSSR count). The molecule has 8 nitrogen and oxygen atoms in total. The highest BCUT2D eigenvalue weighted by Crippen LogP contribution is 2.30. The second-order valence-electron chi connectivity index (χ2n) is 5.67. The van der Waals surface area contributed by atoms with Crippen LogP contribution in [0.3, 0.4) is 0 Å². The summed E-state index contributed by atoms with van der Waals surface area (Å²) in [6, 6.07) is -0.116. The van der Waals surface area contributed by atoms with Crippen LogP contribution in [0.1, 0.15) is 46.0 Å². The van der Waals surface area contributed by atoms with E-state index in [0.717, 1.165) is 48.8 Å². The molecule has 1 saturated carbocycles. The predicted octanol–water partition coefficient (Wildman–Crippen LogP) is 2.61. The maximum Gasteiger partial charge on any atom is 0.327 e. The molecule has 0 unspecified atom stereocenters. The fourth-order valence-corrected chi connectivity index (χ4v) is 4.30. The molecular formula is C15H22N4O4S2. The maximum absolute atomic E-state index is 12.0. The molecule has 10 heteroatoms. The molecule has 2 amide bonds. The average Bonchev–Trinajstić information content (AvgIpc) is 3.00. The van der Waals surface area contributed by atoms with E-state index in [4.69, 9.17) is 4.74 Å². The minimum Gasteiger partial charge on any atom is -0.465 e. The summed E-state index contributed by atoms with van der Waals surface area (Å²) in [5.74, 6) is -0.914. The molecule has 138 valence electrons. The van der Waals surface area contributed by atoms with E-state index in [2.05, 4.69) is 20.8 Å². The Morgan fingerprint density at radius 1 is 1.28 bits per heavy atom. The van der Waals surface area contributed by atoms with Gasteiger partial charge in [-0.2, -0.15) is 0 Å². The first-order valence-electron chi connectivity index (χ1n) is 8.24. The number of rotatable bonds is 7. The Labute approximate surface area is 154 Å². The lowest BCUT2D eigenvalue weighted by molar-refractivity contribution is -0.144. The number of amides is 2. The zero-order valence-corrected chi connectivity index (χ0v) is 15.9. The Morgan fingerprint density at radius 2 is 2.00 bits per heavy atom. The molecule has 1 atom stereocenters. The number of carbonyl (C=O) groups is 3. The van der Waals surface area contributed by atoms with Crippen molar-refractivity contribution in [1.82, 2.24) is 15.5 Å². The molecule has 1 heterocycles. The van der Waals surface area contributed by atoms with Crippen LogP contribution in [0.25, 0.3) is 0 Å². The number of esters is 1. The van der Waals surface area contributed by atoms with E-state index in [0.29, 0.717) is 9.47 Å². The van der Waals surface area contributed by atoms with Gasteiger partial charge in [-0.3, -0.25) is 14.9 Å². The maximum atomic E-state index is 12.0. The van der Waals surface area contributed by atoms with E-state index in [1.54, 1.807) is 6.92 Å². The van der Waals surface area contributed by atoms with Gasteiger partial charge < -0.3 is 10.1 Å². The number of hydrogen-bond acceptors (Lipinski definition) is 8. The number of carbonyl (C=O) groups excluding carboxylic acids is 3. The lowest BCUT2D eigenvalue weighted by Gasteiger charge is -2.22. The molecule has 1 aliphatic carbocycles. The minimum absolute atomic E-state index is 0.196. The second-order valence-corrected chi connectivity index (χ2v) is 8.00. The molecule has 1 fully saturated rings. The summed E-state index contributed by atoms with van der Waals surface area (Å²) < 4.78 is 5.31. The van der Waals surface area contributed by atoms with Crippen LogP contribution in [0, 0.1) is 0 Å². The van der Waals surface area contributed by atoms with E-state index < -0.39 is 11.2 Å². The van der Waals surface area contributed by atoms with Crippen molar-refractivity contribution in [3.63, 3.8) is 0 Å². The molecule has 1 aromatic rings. The highest BCUT2D eigenvalue weighted by atomic mass is 32.2. The number of aromatic nitrogens is 2. The van der Waals surface area contributed by atoms with Crippen LogP contribution in [0.15, 0.2) is 4.34 Å². The smallest absolute Gasteiger partial charge is 0.327 e. The molecule has 1 aromatic heterocycles. The Bertz CT molecular complexity index is 616. The van der Waals surface area contributed by atoms with Gasteiger partial charge in [-0.05, 0) is 26.7 Å². The Hall–Kier alpha value is -1.68. The lowest BCUT2D eigenvalue weighted by Crippen LogP contribution is -2.38. The molecule has 0 spiro atoms. The van der Waals surface area contributed by atoms with Gasteiger partial charge in [-0.15, -0.1) is 10.2 Å². The summed E-state index contributed by atoms with van der Waals surface area (Å²) in [5, 5.41) is 12.7. The van der Waals surface area contributed by atoms with Crippen molar-refractivity contribution in [3.05, 3.63) is 0 Å². The van der Waals surface area contributed by atoms with Crippen molar-refractivity contribution in [1.29, 1.82) is 0 Å². The number of hydrogen-bond donors (Lipinski definition) is 2. The Balaban J connectivity index is 1.88. The van der Waals surface area contributed by atoms with E-state index in [9.17, 15) is 14.4 Å². The number of ether oxygens (including phenoxy) is 1. The largest absolute Gasteiger partial charge is 0.465 e. The van der Waals surface area contributed by atoms with Gasteiger partial charge in [-0.25, -0.2) is 4.79 Å². The van der Waals surface area contributed by atoms with Crippen LogP contribution in [0.2, 0.25) is 0 Å². The second kappa shape index (κ2) is 9.71. The molecular weight excluding hydrogens is 364 g/mol. The number of urea groups is 1. The van der Waals surface area contributed by atoms with Gasteiger partial charge in [0.15, 0.2) is 15.4 Å². The van der Waals surface area contributed by atoms with Crippen LogP contribution >= 0.6 is 23.1 Å². The lowest BCUT2D eigenvalue weighted by atomic mass is 9.96. The topological polar surface area (TPSA) is 110 Å². The van der Waals surface area contributed by atoms with Crippen LogP contribution < -0.4 is 10.6 Å². The fraction of sp³-hybridized carbons (Fsp3) is 0.667. The van der Waals surface area contributed by atoms with Gasteiger partial charge in [0.05, 0.1) is 6.61 Å². The van der Waals surface area contributed by atoms with Crippen LogP contribution in [-0.4, -0.2) is 45.9 Å². The van der Waals surface area contributed by atoms with Crippen molar-refractivity contribution < 1.29 is 19.1 Å². The normalized spacial score (nSPS) is 16.1. The van der Waals surface area contributed by atoms with Gasteiger partial charge in [0.25, 0.3) is 0 Å². The summed E-state index contributed by atoms with van der Waals surface area (Å²) in [6.45, 7) is 3.21. The van der Waals surface area contributed by atoms with Gasteiger partial charge in [-0.1, -0.05) is 42.4 Å². The van der Waals surface area contributed by atoms with Crippen LogP contribution in [0.5, 0.6) is 0 Å². The van der Waals surface area contributed by atoms with Crippen molar-refractivity contribution >= 4 is 46.0 Å². The predicted molar refractivity (Wildman–Crippen MR) is 95.9 cm³/mol. The van der Waals surface area contributed by atoms with Gasteiger partial charge in [0, 0.05) is 6.04 Å². The first kappa shape index (κ1) is 19.6. The molecule has 0 saturated heterocycles. The SMILES string of the molecule is CCOC(=O)[C@H](Sc1nnc(NC(=O)NC2CCCCC2)s1)C(C)=O. The van der Waals surface area contributed by atoms with E-state index in [-0.39, 0.29) is 24.5 Å². The number of Topliss-reactive ketones (excluding diaryl/α,β-unsaturated/α-hetero) is 1. The summed E-state index contributed by atoms with van der Waals surface area (Å²) in [4.78, 5) is 35.4. The average molecular weight is 386 g/mol. The van der Waals surface area contributed by atoms with Crippen LogP contribution in [-0.2, 0) is 14.3 Å². The molecule has 0 radical (unpaired) electrons. The zero-order chi connectivity index (χ0) is 18.2. The monoisotopic (exact) mass is 386 g/mol. The summed E-state index contributed by atoms with van der Waals surface area (Å²) >= 11 is 2.09. The van der Waals surface area contributed by atoms with Crippen molar-refractivity contribution in [2.75, 3.05) is 11.9 Å². The number of thioether (sulfide) groups is 1. The zero-order valence-electron chi connectivity index (χ0n) is 14.2. The molecule has 1 aliphatic rings. The van der Waals surface area contributed by atoms with Gasteiger partial charge in [0.1, 0.15) is 0 Å². The third kappa shape index (κ3) is 6.28. The highest BCUT2D eigenvalue weighted by Gasteiger charge is 2.28. The third-order valence-corrected chi connectivity index (χ3v) is 5.87. The third-order valence-electron chi connectivity index (χ3n) is 3.66. The summed E-state index contributed by atoms with van der Waals surface area (Å²) in [7, 11) is 0. The van der Waals surface area contributed by atoms with Gasteiger partial charge in [0.2, 0.25) is 5.13 Å². The standard InChI is InChI=1S/C15H22N4O4S2/c1-3-23-12(21)11(9(2)20)24-15-19-18-14(25-15)17-13(22)16-10-7-5-4-6-8-10/h10-11H,3-8H2,1-2H3,(H2,16,17,18,22)/t11-/m1/s1. The quantitative estimate of drug-likeness (QED) is 0.321. The van der Waals surface area contributed by atoms with E-state index >= 15 is 0 Å². The number of nitrogens with one attached hydrogen (secondary N) is 2. The van der Waals surface area contributed by atoms with E-state index in [1.165, 1.54) is 13.3 Å².